The molecule has 0 aromatic carbocycles. The van der Waals surface area contributed by atoms with Crippen LogP contribution in [-0.2, 0) is 6.54 Å². The molecule has 0 saturated carbocycles. The number of hydrogen-bond donors (Lipinski definition) is 1. The minimum absolute atomic E-state index is 0.0638. The van der Waals surface area contributed by atoms with Gasteiger partial charge in [0, 0.05) is 17.3 Å². The zero-order valence-corrected chi connectivity index (χ0v) is 11.7. The fraction of sp³-hybridized carbons (Fsp3) is 0.636. The van der Waals surface area contributed by atoms with Crippen molar-refractivity contribution in [2.24, 2.45) is 11.1 Å². The normalized spacial score (nSPS) is 12.0. The maximum atomic E-state index is 5.69. The van der Waals surface area contributed by atoms with Crippen molar-refractivity contribution in [1.82, 2.24) is 9.88 Å². The van der Waals surface area contributed by atoms with E-state index >= 15 is 0 Å². The van der Waals surface area contributed by atoms with Gasteiger partial charge >= 0.3 is 0 Å². The van der Waals surface area contributed by atoms with Gasteiger partial charge in [-0.25, -0.2) is 4.98 Å². The highest BCUT2D eigenvalue weighted by molar-refractivity contribution is 7.80. The quantitative estimate of drug-likeness (QED) is 0.794. The first-order valence-electron chi connectivity index (χ1n) is 5.27. The summed E-state index contributed by atoms with van der Waals surface area (Å²) in [5, 5.41) is 2.08. The molecule has 0 aliphatic carbocycles. The standard InChI is InChI=1S/C11H19N3S2/c1-11(2,10(12)15)4-5-14(3)6-9-7-16-8-13-9/h7-8H,4-6H2,1-3H3,(H2,12,15). The van der Waals surface area contributed by atoms with E-state index in [2.05, 4.69) is 36.2 Å². The predicted octanol–water partition coefficient (Wildman–Crippen LogP) is 2.28. The number of nitrogens with two attached hydrogens (primary N) is 1. The van der Waals surface area contributed by atoms with Gasteiger partial charge < -0.3 is 10.6 Å². The highest BCUT2D eigenvalue weighted by Gasteiger charge is 2.21. The van der Waals surface area contributed by atoms with Gasteiger partial charge in [0.05, 0.1) is 16.2 Å². The van der Waals surface area contributed by atoms with Crippen molar-refractivity contribution in [3.05, 3.63) is 16.6 Å². The number of hydrogen-bond acceptors (Lipinski definition) is 4. The largest absolute Gasteiger partial charge is 0.393 e. The maximum absolute atomic E-state index is 5.69. The number of aromatic nitrogens is 1. The van der Waals surface area contributed by atoms with E-state index < -0.39 is 0 Å². The van der Waals surface area contributed by atoms with Gasteiger partial charge in [0.1, 0.15) is 0 Å². The number of nitrogens with zero attached hydrogens (tertiary/aromatic N) is 2. The van der Waals surface area contributed by atoms with Crippen molar-refractivity contribution in [2.75, 3.05) is 13.6 Å². The van der Waals surface area contributed by atoms with Crippen LogP contribution in [0.25, 0.3) is 0 Å². The van der Waals surface area contributed by atoms with Crippen LogP contribution in [-0.4, -0.2) is 28.5 Å². The Kier molecular flexibility index (Phi) is 4.83. The van der Waals surface area contributed by atoms with E-state index in [1.165, 1.54) is 0 Å². The molecule has 1 aromatic heterocycles. The molecule has 1 rings (SSSR count). The summed E-state index contributed by atoms with van der Waals surface area (Å²) in [5.41, 5.74) is 8.62. The Morgan fingerprint density at radius 2 is 2.31 bits per heavy atom. The smallest absolute Gasteiger partial charge is 0.0795 e. The van der Waals surface area contributed by atoms with Crippen molar-refractivity contribution in [2.45, 2.75) is 26.8 Å². The van der Waals surface area contributed by atoms with Crippen LogP contribution >= 0.6 is 23.6 Å². The van der Waals surface area contributed by atoms with Crippen LogP contribution in [0.15, 0.2) is 10.9 Å². The van der Waals surface area contributed by atoms with Crippen molar-refractivity contribution in [3.63, 3.8) is 0 Å². The summed E-state index contributed by atoms with van der Waals surface area (Å²) in [6, 6.07) is 0. The van der Waals surface area contributed by atoms with Crippen molar-refractivity contribution in [1.29, 1.82) is 0 Å². The number of thiazole rings is 1. The molecular weight excluding hydrogens is 238 g/mol. The molecule has 3 nitrogen and oxygen atoms in total. The lowest BCUT2D eigenvalue weighted by Gasteiger charge is -2.26. The first-order valence-corrected chi connectivity index (χ1v) is 6.62. The Morgan fingerprint density at radius 1 is 1.62 bits per heavy atom. The van der Waals surface area contributed by atoms with Crippen LogP contribution in [0.1, 0.15) is 26.0 Å². The molecular formula is C11H19N3S2. The van der Waals surface area contributed by atoms with Crippen LogP contribution < -0.4 is 5.73 Å². The highest BCUT2D eigenvalue weighted by atomic mass is 32.1. The molecule has 2 N–H and O–H groups in total. The van der Waals surface area contributed by atoms with Gasteiger partial charge in [-0.3, -0.25) is 0 Å². The predicted molar refractivity (Wildman–Crippen MR) is 73.6 cm³/mol. The van der Waals surface area contributed by atoms with E-state index in [1.54, 1.807) is 11.3 Å². The van der Waals surface area contributed by atoms with E-state index in [4.69, 9.17) is 18.0 Å². The molecule has 0 spiro atoms. The van der Waals surface area contributed by atoms with E-state index in [0.29, 0.717) is 4.99 Å². The molecule has 0 saturated heterocycles. The first kappa shape index (κ1) is 13.5. The topological polar surface area (TPSA) is 42.1 Å². The molecule has 0 fully saturated rings. The fourth-order valence-corrected chi connectivity index (χ4v) is 1.92. The van der Waals surface area contributed by atoms with Gasteiger partial charge in [0.2, 0.25) is 0 Å². The lowest BCUT2D eigenvalue weighted by atomic mass is 9.89. The highest BCUT2D eigenvalue weighted by Crippen LogP contribution is 2.21. The summed E-state index contributed by atoms with van der Waals surface area (Å²) in [5.74, 6) is 0. The number of thiocarbonyl (C=S) groups is 1. The zero-order chi connectivity index (χ0) is 12.2. The molecule has 0 aliphatic heterocycles. The first-order chi connectivity index (χ1) is 7.42. The molecule has 1 aromatic rings. The summed E-state index contributed by atoms with van der Waals surface area (Å²) in [4.78, 5) is 7.10. The molecule has 0 atom stereocenters. The molecule has 90 valence electrons. The minimum atomic E-state index is -0.0638. The van der Waals surface area contributed by atoms with E-state index in [1.807, 2.05) is 5.51 Å². The Bertz CT molecular complexity index is 333. The van der Waals surface area contributed by atoms with Crippen molar-refractivity contribution >= 4 is 28.5 Å². The molecule has 0 amide bonds. The Morgan fingerprint density at radius 3 is 2.81 bits per heavy atom. The van der Waals surface area contributed by atoms with Crippen LogP contribution in [0.2, 0.25) is 0 Å². The van der Waals surface area contributed by atoms with Gasteiger partial charge in [0.15, 0.2) is 0 Å². The molecule has 0 radical (unpaired) electrons. The number of rotatable bonds is 6. The van der Waals surface area contributed by atoms with Gasteiger partial charge in [0.25, 0.3) is 0 Å². The van der Waals surface area contributed by atoms with Gasteiger partial charge in [-0.2, -0.15) is 0 Å². The van der Waals surface area contributed by atoms with Gasteiger partial charge in [-0.15, -0.1) is 11.3 Å². The molecule has 0 unspecified atom stereocenters. The van der Waals surface area contributed by atoms with Gasteiger partial charge in [-0.05, 0) is 20.0 Å². The Labute approximate surface area is 107 Å². The molecule has 0 aliphatic rings. The second-order valence-corrected chi connectivity index (χ2v) is 5.87. The molecule has 0 bridgehead atoms. The Balaban J connectivity index is 2.35. The fourth-order valence-electron chi connectivity index (χ4n) is 1.26. The van der Waals surface area contributed by atoms with E-state index in [0.717, 1.165) is 25.2 Å². The third kappa shape index (κ3) is 4.15. The average molecular weight is 257 g/mol. The second-order valence-electron chi connectivity index (χ2n) is 4.72. The third-order valence-electron chi connectivity index (χ3n) is 2.70. The lowest BCUT2D eigenvalue weighted by Crippen LogP contribution is -2.33. The van der Waals surface area contributed by atoms with E-state index in [-0.39, 0.29) is 5.41 Å². The summed E-state index contributed by atoms with van der Waals surface area (Å²) in [6.45, 7) is 6.04. The molecule has 1 heterocycles. The van der Waals surface area contributed by atoms with Gasteiger partial charge in [-0.1, -0.05) is 26.1 Å². The second kappa shape index (κ2) is 5.70. The van der Waals surface area contributed by atoms with E-state index in [9.17, 15) is 0 Å². The molecule has 5 heteroatoms. The zero-order valence-electron chi connectivity index (χ0n) is 10.1. The monoisotopic (exact) mass is 257 g/mol. The van der Waals surface area contributed by atoms with Crippen LogP contribution in [0.4, 0.5) is 0 Å². The van der Waals surface area contributed by atoms with Crippen LogP contribution in [0, 0.1) is 5.41 Å². The van der Waals surface area contributed by atoms with Crippen molar-refractivity contribution < 1.29 is 0 Å². The van der Waals surface area contributed by atoms with Crippen LogP contribution in [0.5, 0.6) is 0 Å². The molecule has 16 heavy (non-hydrogen) atoms. The summed E-state index contributed by atoms with van der Waals surface area (Å²) < 4.78 is 0. The Hall–Kier alpha value is -0.520. The van der Waals surface area contributed by atoms with Crippen molar-refractivity contribution in [3.8, 4) is 0 Å². The summed E-state index contributed by atoms with van der Waals surface area (Å²) in [6.07, 6.45) is 0.975. The minimum Gasteiger partial charge on any atom is -0.393 e. The average Bonchev–Trinajstić information content (AvgIpc) is 2.67. The third-order valence-corrected chi connectivity index (χ3v) is 3.89. The summed E-state index contributed by atoms with van der Waals surface area (Å²) in [7, 11) is 2.09. The van der Waals surface area contributed by atoms with Crippen LogP contribution in [0.3, 0.4) is 0 Å². The SMILES string of the molecule is CN(CCC(C)(C)C(N)=S)Cc1cscn1. The lowest BCUT2D eigenvalue weighted by molar-refractivity contribution is 0.283. The summed E-state index contributed by atoms with van der Waals surface area (Å²) >= 11 is 6.68. The maximum Gasteiger partial charge on any atom is 0.0795 e.